The maximum absolute atomic E-state index is 8.39. The summed E-state index contributed by atoms with van der Waals surface area (Å²) in [7, 11) is 8.08. The van der Waals surface area contributed by atoms with Crippen LogP contribution in [0.4, 0.5) is 0 Å². The van der Waals surface area contributed by atoms with Crippen molar-refractivity contribution in [1.29, 1.82) is 0 Å². The van der Waals surface area contributed by atoms with E-state index in [4.69, 9.17) is 10.2 Å². The van der Waals surface area contributed by atoms with E-state index in [-0.39, 0.29) is 24.2 Å². The first-order valence-electron chi connectivity index (χ1n) is 4.28. The summed E-state index contributed by atoms with van der Waals surface area (Å²) in [5.41, 5.74) is 0. The topological polar surface area (TPSA) is 117 Å². The molecule has 0 aromatic rings. The van der Waals surface area contributed by atoms with Gasteiger partial charge in [0.05, 0.1) is 47.9 Å². The molecular formula is C8H26N2O4. The molecule has 0 unspecified atom stereocenters. The highest BCUT2D eigenvalue weighted by molar-refractivity contribution is 4.19. The van der Waals surface area contributed by atoms with Crippen LogP contribution in [0.2, 0.25) is 0 Å². The van der Waals surface area contributed by atoms with E-state index in [1.807, 2.05) is 12.4 Å². The van der Waals surface area contributed by atoms with Gasteiger partial charge in [-0.1, -0.05) is 0 Å². The Bertz CT molecular complexity index is 83.9. The van der Waals surface area contributed by atoms with Gasteiger partial charge in [-0.15, -0.1) is 0 Å². The fourth-order valence-corrected chi connectivity index (χ4v) is 0.429. The fraction of sp³-hybridized carbons (Fsp3) is 1.00. The number of nitrogens with two attached hydrogens (primary N) is 1. The minimum Gasteiger partial charge on any atom is -0.870 e. The van der Waals surface area contributed by atoms with Crippen molar-refractivity contribution in [2.75, 3.05) is 54.5 Å². The van der Waals surface area contributed by atoms with Gasteiger partial charge < -0.3 is 31.0 Å². The summed E-state index contributed by atoms with van der Waals surface area (Å²) in [6.07, 6.45) is 0. The molecule has 0 aromatic carbocycles. The van der Waals surface area contributed by atoms with Gasteiger partial charge in [0.25, 0.3) is 0 Å². The lowest BCUT2D eigenvalue weighted by atomic mass is 10.5. The smallest absolute Gasteiger partial charge is 0.101 e. The van der Waals surface area contributed by atoms with Crippen LogP contribution in [-0.4, -0.2) is 80.1 Å². The van der Waals surface area contributed by atoms with Gasteiger partial charge in [-0.05, 0) is 0 Å². The standard InChI is InChI=1S/C5H14NO.C3H9NO.2H2O/c1-6(2,3)4-5-7;1-4-2-3-5;;/h7H,4-5H2,1-3H3;4-5H,2-3H2,1H3;2*1H2/q+1;;;/p-1. The Morgan fingerprint density at radius 3 is 1.43 bits per heavy atom. The Morgan fingerprint density at radius 2 is 1.43 bits per heavy atom. The van der Waals surface area contributed by atoms with Crippen LogP contribution in [0.15, 0.2) is 0 Å². The van der Waals surface area contributed by atoms with Gasteiger partial charge in [-0.3, -0.25) is 0 Å². The molecule has 0 atom stereocenters. The second kappa shape index (κ2) is 15.2. The second-order valence-corrected chi connectivity index (χ2v) is 3.66. The number of hydrogen-bond acceptors (Lipinski definition) is 4. The van der Waals surface area contributed by atoms with Crippen LogP contribution < -0.4 is 5.32 Å². The van der Waals surface area contributed by atoms with Gasteiger partial charge in [0, 0.05) is 0 Å². The molecule has 0 aliphatic carbocycles. The second-order valence-electron chi connectivity index (χ2n) is 3.66. The summed E-state index contributed by atoms with van der Waals surface area (Å²) in [4.78, 5) is 0. The molecule has 0 aromatic heterocycles. The van der Waals surface area contributed by atoms with E-state index in [1.54, 1.807) is 0 Å². The highest BCUT2D eigenvalue weighted by Crippen LogP contribution is 1.84. The number of aliphatic hydroxyl groups excluding tert-OH is 2. The van der Waals surface area contributed by atoms with Gasteiger partial charge in [0.2, 0.25) is 0 Å². The number of quaternary nitrogens is 2. The lowest BCUT2D eigenvalue weighted by Gasteiger charge is -2.21. The molecule has 0 bridgehead atoms. The molecule has 0 heterocycles. The maximum Gasteiger partial charge on any atom is 0.101 e. The Labute approximate surface area is 86.4 Å². The zero-order valence-corrected chi connectivity index (χ0v) is 9.64. The van der Waals surface area contributed by atoms with Gasteiger partial charge in [-0.2, -0.15) is 0 Å². The number of likely N-dealkylation sites (N-methyl/N-ethyl adjacent to an activating group) is 2. The maximum atomic E-state index is 8.39. The predicted molar refractivity (Wildman–Crippen MR) is 53.7 cm³/mol. The van der Waals surface area contributed by atoms with E-state index in [0.717, 1.165) is 17.6 Å². The molecular weight excluding hydrogens is 188 g/mol. The summed E-state index contributed by atoms with van der Waals surface area (Å²) in [6, 6.07) is 0. The summed E-state index contributed by atoms with van der Waals surface area (Å²) < 4.78 is 0.844. The first kappa shape index (κ1) is 23.5. The van der Waals surface area contributed by atoms with Crippen LogP contribution in [0.1, 0.15) is 0 Å². The van der Waals surface area contributed by atoms with Gasteiger partial charge in [0.1, 0.15) is 6.54 Å². The van der Waals surface area contributed by atoms with Gasteiger partial charge in [-0.25, -0.2) is 0 Å². The Morgan fingerprint density at radius 1 is 1.00 bits per heavy atom. The summed E-state index contributed by atoms with van der Waals surface area (Å²) in [6.45, 7) is 2.22. The van der Waals surface area contributed by atoms with E-state index < -0.39 is 0 Å². The van der Waals surface area contributed by atoms with Crippen molar-refractivity contribution in [3.8, 4) is 0 Å². The average molecular weight is 214 g/mol. The number of nitrogens with zero attached hydrogens (tertiary/aromatic N) is 1. The SMILES string of the molecule is C[N+](C)(C)CCO.C[NH2+]CCO.[OH-].[OH-]. The monoisotopic (exact) mass is 214 g/mol. The van der Waals surface area contributed by atoms with Crippen LogP contribution in [0.5, 0.6) is 0 Å². The molecule has 0 fully saturated rings. The summed E-state index contributed by atoms with van der Waals surface area (Å²) in [5, 5.41) is 18.4. The predicted octanol–water partition coefficient (Wildman–Crippen LogP) is -2.50. The molecule has 0 saturated carbocycles. The molecule has 0 saturated heterocycles. The fourth-order valence-electron chi connectivity index (χ4n) is 0.429. The van der Waals surface area contributed by atoms with Crippen molar-refractivity contribution in [2.45, 2.75) is 0 Å². The van der Waals surface area contributed by atoms with Gasteiger partial charge in [0.15, 0.2) is 0 Å². The highest BCUT2D eigenvalue weighted by Gasteiger charge is 2.02. The molecule has 0 aliphatic rings. The van der Waals surface area contributed by atoms with Gasteiger partial charge >= 0.3 is 0 Å². The number of aliphatic hydroxyl groups is 2. The molecule has 0 radical (unpaired) electrons. The zero-order valence-electron chi connectivity index (χ0n) is 9.64. The third-order valence-electron chi connectivity index (χ3n) is 1.19. The minimum absolute atomic E-state index is 0. The summed E-state index contributed by atoms with van der Waals surface area (Å²) in [5.74, 6) is 0. The minimum atomic E-state index is 0. The van der Waals surface area contributed by atoms with Crippen LogP contribution >= 0.6 is 0 Å². The normalized spacial score (nSPS) is 9.00. The molecule has 92 valence electrons. The third kappa shape index (κ3) is 41.0. The highest BCUT2D eigenvalue weighted by atomic mass is 16.3. The van der Waals surface area contributed by atoms with Crippen LogP contribution in [0.25, 0.3) is 0 Å². The first-order valence-corrected chi connectivity index (χ1v) is 4.28. The lowest BCUT2D eigenvalue weighted by molar-refractivity contribution is -0.870. The quantitative estimate of drug-likeness (QED) is 0.448. The third-order valence-corrected chi connectivity index (χ3v) is 1.19. The Hall–Kier alpha value is -0.240. The van der Waals surface area contributed by atoms with Crippen molar-refractivity contribution in [3.63, 3.8) is 0 Å². The van der Waals surface area contributed by atoms with Crippen molar-refractivity contribution in [1.82, 2.24) is 0 Å². The Balaban J connectivity index is -0.0000000651. The average Bonchev–Trinajstić information content (AvgIpc) is 1.87. The molecule has 14 heavy (non-hydrogen) atoms. The Kier molecular flexibility index (Phi) is 25.6. The molecule has 6 heteroatoms. The van der Waals surface area contributed by atoms with Crippen LogP contribution in [-0.2, 0) is 0 Å². The van der Waals surface area contributed by atoms with E-state index >= 15 is 0 Å². The van der Waals surface area contributed by atoms with Crippen molar-refractivity contribution >= 4 is 0 Å². The van der Waals surface area contributed by atoms with Crippen molar-refractivity contribution in [2.24, 2.45) is 0 Å². The van der Waals surface area contributed by atoms with Crippen molar-refractivity contribution in [3.05, 3.63) is 0 Å². The van der Waals surface area contributed by atoms with E-state index in [2.05, 4.69) is 21.1 Å². The summed E-state index contributed by atoms with van der Waals surface area (Å²) >= 11 is 0. The molecule has 6 nitrogen and oxygen atoms in total. The first-order chi connectivity index (χ1) is 5.47. The molecule has 0 amide bonds. The number of hydrogen-bond donors (Lipinski definition) is 3. The molecule has 0 aliphatic heterocycles. The molecule has 0 rings (SSSR count). The van der Waals surface area contributed by atoms with E-state index in [1.165, 1.54) is 0 Å². The van der Waals surface area contributed by atoms with Crippen molar-refractivity contribution < 1.29 is 31.0 Å². The zero-order chi connectivity index (χ0) is 10.0. The molecule has 0 spiro atoms. The van der Waals surface area contributed by atoms with E-state index in [0.29, 0.717) is 0 Å². The largest absolute Gasteiger partial charge is 0.870 e. The van der Waals surface area contributed by atoms with E-state index in [9.17, 15) is 0 Å². The van der Waals surface area contributed by atoms with Crippen LogP contribution in [0.3, 0.4) is 0 Å². The number of rotatable bonds is 4. The van der Waals surface area contributed by atoms with Crippen LogP contribution in [0, 0.1) is 0 Å². The lowest BCUT2D eigenvalue weighted by Crippen LogP contribution is -2.80. The molecule has 6 N–H and O–H groups in total.